The van der Waals surface area contributed by atoms with E-state index in [1.54, 1.807) is 6.33 Å². The van der Waals surface area contributed by atoms with Crippen molar-refractivity contribution in [1.29, 1.82) is 0 Å². The van der Waals surface area contributed by atoms with Crippen LogP contribution in [-0.4, -0.2) is 27.8 Å². The van der Waals surface area contributed by atoms with Crippen molar-refractivity contribution < 1.29 is 0 Å². The minimum Gasteiger partial charge on any atom is -0.314 e. The van der Waals surface area contributed by atoms with Crippen LogP contribution < -0.4 is 5.32 Å². The lowest BCUT2D eigenvalue weighted by atomic mass is 9.71. The zero-order chi connectivity index (χ0) is 13.7. The largest absolute Gasteiger partial charge is 0.314 e. The van der Waals surface area contributed by atoms with Crippen molar-refractivity contribution in [1.82, 2.24) is 20.5 Å². The highest BCUT2D eigenvalue weighted by molar-refractivity contribution is 4.84. The fraction of sp³-hybridized carbons (Fsp3) is 0.867. The van der Waals surface area contributed by atoms with Crippen LogP contribution in [0.1, 0.15) is 58.7 Å². The van der Waals surface area contributed by atoms with E-state index in [4.69, 9.17) is 0 Å². The Kier molecular flexibility index (Phi) is 4.97. The van der Waals surface area contributed by atoms with Gasteiger partial charge in [-0.25, -0.2) is 4.98 Å². The fourth-order valence-electron chi connectivity index (χ4n) is 3.08. The minimum absolute atomic E-state index is 0.483. The van der Waals surface area contributed by atoms with E-state index in [0.29, 0.717) is 5.41 Å². The number of hydrogen-bond donors (Lipinski definition) is 2. The van der Waals surface area contributed by atoms with Gasteiger partial charge in [0.25, 0.3) is 0 Å². The summed E-state index contributed by atoms with van der Waals surface area (Å²) < 4.78 is 0. The van der Waals surface area contributed by atoms with Crippen LogP contribution in [0.2, 0.25) is 0 Å². The van der Waals surface area contributed by atoms with Crippen LogP contribution >= 0.6 is 0 Å². The molecule has 19 heavy (non-hydrogen) atoms. The van der Waals surface area contributed by atoms with Gasteiger partial charge in [0, 0.05) is 12.5 Å². The molecule has 0 radical (unpaired) electrons. The van der Waals surface area contributed by atoms with Crippen molar-refractivity contribution >= 4 is 0 Å². The predicted molar refractivity (Wildman–Crippen MR) is 77.9 cm³/mol. The predicted octanol–water partition coefficient (Wildman–Crippen LogP) is 2.93. The molecule has 1 aliphatic carbocycles. The molecular weight excluding hydrogens is 236 g/mol. The van der Waals surface area contributed by atoms with Crippen molar-refractivity contribution in [2.75, 3.05) is 6.54 Å². The van der Waals surface area contributed by atoms with Crippen LogP contribution in [0.4, 0.5) is 0 Å². The van der Waals surface area contributed by atoms with E-state index >= 15 is 0 Å². The summed E-state index contributed by atoms with van der Waals surface area (Å²) in [7, 11) is 0. The molecule has 2 N–H and O–H groups in total. The second-order valence-electron chi connectivity index (χ2n) is 6.90. The van der Waals surface area contributed by atoms with Crippen molar-refractivity contribution in [3.8, 4) is 0 Å². The molecule has 0 atom stereocenters. The highest BCUT2D eigenvalue weighted by Crippen LogP contribution is 2.37. The van der Waals surface area contributed by atoms with E-state index in [0.717, 1.165) is 37.2 Å². The Morgan fingerprint density at radius 1 is 1.26 bits per heavy atom. The molecule has 1 saturated carbocycles. The zero-order valence-corrected chi connectivity index (χ0v) is 12.6. The molecule has 0 spiro atoms. The Hall–Kier alpha value is -0.900. The number of nitrogens with one attached hydrogen (secondary N) is 2. The summed E-state index contributed by atoms with van der Waals surface area (Å²) >= 11 is 0. The van der Waals surface area contributed by atoms with E-state index in [9.17, 15) is 0 Å². The summed E-state index contributed by atoms with van der Waals surface area (Å²) in [5.74, 6) is 1.90. The molecule has 0 bridgehead atoms. The normalized spacial score (nSPS) is 24.6. The van der Waals surface area contributed by atoms with Crippen molar-refractivity contribution in [3.63, 3.8) is 0 Å². The van der Waals surface area contributed by atoms with Gasteiger partial charge in [0.1, 0.15) is 12.2 Å². The van der Waals surface area contributed by atoms with E-state index < -0.39 is 0 Å². The Balaban J connectivity index is 1.58. The highest BCUT2D eigenvalue weighted by Gasteiger charge is 2.29. The Bertz CT molecular complexity index is 345. The first-order valence-corrected chi connectivity index (χ1v) is 7.63. The average Bonchev–Trinajstić information content (AvgIpc) is 2.87. The van der Waals surface area contributed by atoms with Gasteiger partial charge in [-0.3, -0.25) is 5.10 Å². The zero-order valence-electron chi connectivity index (χ0n) is 12.6. The number of aromatic amines is 1. The molecule has 4 heteroatoms. The SMILES string of the molecule is CC(C)(C)C1CCC(NCCCc2ncn[nH]2)CC1. The smallest absolute Gasteiger partial charge is 0.137 e. The lowest BCUT2D eigenvalue weighted by molar-refractivity contribution is 0.160. The van der Waals surface area contributed by atoms with E-state index in [1.165, 1.54) is 25.7 Å². The van der Waals surface area contributed by atoms with Gasteiger partial charge < -0.3 is 5.32 Å². The Morgan fingerprint density at radius 2 is 2.00 bits per heavy atom. The third kappa shape index (κ3) is 4.60. The molecule has 1 aromatic heterocycles. The summed E-state index contributed by atoms with van der Waals surface area (Å²) in [5, 5.41) is 10.5. The van der Waals surface area contributed by atoms with Gasteiger partial charge in [0.15, 0.2) is 0 Å². The van der Waals surface area contributed by atoms with E-state index in [2.05, 4.69) is 41.3 Å². The number of nitrogens with zero attached hydrogens (tertiary/aromatic N) is 2. The van der Waals surface area contributed by atoms with Gasteiger partial charge in [-0.2, -0.15) is 5.10 Å². The summed E-state index contributed by atoms with van der Waals surface area (Å²) in [5.41, 5.74) is 0.483. The van der Waals surface area contributed by atoms with Crippen LogP contribution in [0.3, 0.4) is 0 Å². The van der Waals surface area contributed by atoms with Crippen LogP contribution in [-0.2, 0) is 6.42 Å². The topological polar surface area (TPSA) is 53.6 Å². The van der Waals surface area contributed by atoms with Gasteiger partial charge >= 0.3 is 0 Å². The summed E-state index contributed by atoms with van der Waals surface area (Å²) in [6.45, 7) is 8.22. The first-order chi connectivity index (χ1) is 9.05. The Labute approximate surface area is 116 Å². The number of hydrogen-bond acceptors (Lipinski definition) is 3. The molecule has 1 aromatic rings. The number of aromatic nitrogens is 3. The Morgan fingerprint density at radius 3 is 2.58 bits per heavy atom. The monoisotopic (exact) mass is 264 g/mol. The summed E-state index contributed by atoms with van der Waals surface area (Å²) in [6.07, 6.45) is 9.14. The van der Waals surface area contributed by atoms with Gasteiger partial charge in [-0.15, -0.1) is 0 Å². The highest BCUT2D eigenvalue weighted by atomic mass is 15.2. The molecule has 0 aromatic carbocycles. The third-order valence-corrected chi connectivity index (χ3v) is 4.44. The summed E-state index contributed by atoms with van der Waals surface area (Å²) in [4.78, 5) is 4.14. The summed E-state index contributed by atoms with van der Waals surface area (Å²) in [6, 6.07) is 0.730. The molecule has 108 valence electrons. The fourth-order valence-corrected chi connectivity index (χ4v) is 3.08. The van der Waals surface area contributed by atoms with Crippen LogP contribution in [0, 0.1) is 11.3 Å². The maximum atomic E-state index is 4.14. The van der Waals surface area contributed by atoms with Gasteiger partial charge in [0.05, 0.1) is 0 Å². The third-order valence-electron chi connectivity index (χ3n) is 4.44. The molecule has 0 saturated heterocycles. The molecule has 2 rings (SSSR count). The maximum Gasteiger partial charge on any atom is 0.137 e. The van der Waals surface area contributed by atoms with Crippen molar-refractivity contribution in [3.05, 3.63) is 12.2 Å². The first-order valence-electron chi connectivity index (χ1n) is 7.63. The number of rotatable bonds is 5. The van der Waals surface area contributed by atoms with E-state index in [-0.39, 0.29) is 0 Å². The maximum absolute atomic E-state index is 4.14. The standard InChI is InChI=1S/C15H28N4/c1-15(2,3)12-6-8-13(9-7-12)16-10-4-5-14-17-11-18-19-14/h11-13,16H,4-10H2,1-3H3,(H,17,18,19). The molecule has 1 aliphatic rings. The molecule has 1 fully saturated rings. The molecule has 0 amide bonds. The lowest BCUT2D eigenvalue weighted by Gasteiger charge is -2.37. The molecule has 0 aliphatic heterocycles. The van der Waals surface area contributed by atoms with Crippen LogP contribution in [0.25, 0.3) is 0 Å². The number of aryl methyl sites for hydroxylation is 1. The lowest BCUT2D eigenvalue weighted by Crippen LogP contribution is -2.36. The van der Waals surface area contributed by atoms with Crippen molar-refractivity contribution in [2.24, 2.45) is 11.3 Å². The van der Waals surface area contributed by atoms with Gasteiger partial charge in [0.2, 0.25) is 0 Å². The number of H-pyrrole nitrogens is 1. The molecule has 0 unspecified atom stereocenters. The minimum atomic E-state index is 0.483. The second-order valence-corrected chi connectivity index (χ2v) is 6.90. The quantitative estimate of drug-likeness (QED) is 0.804. The van der Waals surface area contributed by atoms with Crippen molar-refractivity contribution in [2.45, 2.75) is 65.3 Å². The second kappa shape index (κ2) is 6.51. The van der Waals surface area contributed by atoms with Gasteiger partial charge in [-0.05, 0) is 50.0 Å². The van der Waals surface area contributed by atoms with Crippen LogP contribution in [0.15, 0.2) is 6.33 Å². The first kappa shape index (κ1) is 14.5. The molecule has 4 nitrogen and oxygen atoms in total. The average molecular weight is 264 g/mol. The van der Waals surface area contributed by atoms with Crippen LogP contribution in [0.5, 0.6) is 0 Å². The van der Waals surface area contributed by atoms with Gasteiger partial charge in [-0.1, -0.05) is 20.8 Å². The molecule has 1 heterocycles. The van der Waals surface area contributed by atoms with E-state index in [1.807, 2.05) is 0 Å². The molecular formula is C15H28N4.